The fourth-order valence-corrected chi connectivity index (χ4v) is 2.07. The van der Waals surface area contributed by atoms with E-state index in [0.717, 1.165) is 6.42 Å². The van der Waals surface area contributed by atoms with E-state index >= 15 is 0 Å². The number of aliphatic carboxylic acids is 1. The number of amides is 1. The number of hydrogen-bond acceptors (Lipinski definition) is 3. The molecule has 1 atom stereocenters. The van der Waals surface area contributed by atoms with Crippen molar-refractivity contribution in [3.8, 4) is 5.75 Å². The first-order chi connectivity index (χ1) is 8.68. The summed E-state index contributed by atoms with van der Waals surface area (Å²) in [5.41, 5.74) is 0. The van der Waals surface area contributed by atoms with Gasteiger partial charge >= 0.3 is 5.97 Å². The highest BCUT2D eigenvalue weighted by molar-refractivity contribution is 5.85. The molecule has 1 fully saturated rings. The lowest BCUT2D eigenvalue weighted by atomic mass is 10.2. The van der Waals surface area contributed by atoms with Crippen LogP contribution in [0, 0.1) is 0 Å². The minimum Gasteiger partial charge on any atom is -0.484 e. The standard InChI is InChI=1S/C13H15NO4/c15-12(9-18-10-5-2-1-3-6-10)14-8-4-7-11(14)13(16)17/h1-3,5-6,11H,4,7-9H2,(H,16,17)/t11-/m0/s1. The van der Waals surface area contributed by atoms with E-state index in [-0.39, 0.29) is 12.5 Å². The Kier molecular flexibility index (Phi) is 3.82. The lowest BCUT2D eigenvalue weighted by Crippen LogP contribution is -2.42. The van der Waals surface area contributed by atoms with Gasteiger partial charge < -0.3 is 14.7 Å². The number of carboxylic acid groups (broad SMARTS) is 1. The molecule has 1 amide bonds. The summed E-state index contributed by atoms with van der Waals surface area (Å²) < 4.78 is 5.32. The van der Waals surface area contributed by atoms with Crippen LogP contribution in [0.3, 0.4) is 0 Å². The summed E-state index contributed by atoms with van der Waals surface area (Å²) >= 11 is 0. The molecule has 1 heterocycles. The predicted molar refractivity (Wildman–Crippen MR) is 64.3 cm³/mol. The molecule has 1 aromatic carbocycles. The fourth-order valence-electron chi connectivity index (χ4n) is 2.07. The van der Waals surface area contributed by atoms with Gasteiger partial charge in [-0.25, -0.2) is 4.79 Å². The molecule has 5 nitrogen and oxygen atoms in total. The highest BCUT2D eigenvalue weighted by Crippen LogP contribution is 2.18. The van der Waals surface area contributed by atoms with Crippen molar-refractivity contribution in [2.45, 2.75) is 18.9 Å². The van der Waals surface area contributed by atoms with Crippen molar-refractivity contribution >= 4 is 11.9 Å². The molecule has 1 N–H and O–H groups in total. The van der Waals surface area contributed by atoms with Crippen LogP contribution in [0.2, 0.25) is 0 Å². The summed E-state index contributed by atoms with van der Waals surface area (Å²) in [6, 6.07) is 8.30. The Labute approximate surface area is 105 Å². The van der Waals surface area contributed by atoms with Crippen LogP contribution in [0.5, 0.6) is 5.75 Å². The molecule has 1 aliphatic rings. The number of rotatable bonds is 4. The molecule has 0 spiro atoms. The topological polar surface area (TPSA) is 66.8 Å². The van der Waals surface area contributed by atoms with Crippen LogP contribution in [0.15, 0.2) is 30.3 Å². The number of carboxylic acids is 1. The summed E-state index contributed by atoms with van der Waals surface area (Å²) in [6.07, 6.45) is 1.25. The number of likely N-dealkylation sites (tertiary alicyclic amines) is 1. The predicted octanol–water partition coefficient (Wildman–Crippen LogP) is 1.14. The molecular weight excluding hydrogens is 234 g/mol. The summed E-state index contributed by atoms with van der Waals surface area (Å²) in [4.78, 5) is 24.2. The molecule has 0 aliphatic carbocycles. The third kappa shape index (κ3) is 2.80. The van der Waals surface area contributed by atoms with Gasteiger partial charge in [-0.15, -0.1) is 0 Å². The molecule has 0 bridgehead atoms. The van der Waals surface area contributed by atoms with Crippen molar-refractivity contribution in [1.82, 2.24) is 4.90 Å². The van der Waals surface area contributed by atoms with E-state index in [1.165, 1.54) is 4.90 Å². The van der Waals surface area contributed by atoms with Gasteiger partial charge in [0.05, 0.1) is 0 Å². The van der Waals surface area contributed by atoms with Gasteiger partial charge in [-0.1, -0.05) is 18.2 Å². The van der Waals surface area contributed by atoms with Crippen molar-refractivity contribution < 1.29 is 19.4 Å². The second-order valence-electron chi connectivity index (χ2n) is 4.19. The van der Waals surface area contributed by atoms with E-state index in [1.807, 2.05) is 18.2 Å². The first-order valence-corrected chi connectivity index (χ1v) is 5.88. The average molecular weight is 249 g/mol. The Morgan fingerprint density at radius 1 is 1.33 bits per heavy atom. The highest BCUT2D eigenvalue weighted by atomic mass is 16.5. The van der Waals surface area contributed by atoms with Gasteiger partial charge in [0.2, 0.25) is 0 Å². The molecular formula is C13H15NO4. The minimum absolute atomic E-state index is 0.117. The van der Waals surface area contributed by atoms with E-state index in [2.05, 4.69) is 0 Å². The van der Waals surface area contributed by atoms with Crippen molar-refractivity contribution in [2.24, 2.45) is 0 Å². The van der Waals surface area contributed by atoms with Crippen molar-refractivity contribution in [3.63, 3.8) is 0 Å². The normalized spacial score (nSPS) is 18.7. The molecule has 1 saturated heterocycles. The van der Waals surface area contributed by atoms with Crippen LogP contribution in [-0.2, 0) is 9.59 Å². The Balaban J connectivity index is 1.90. The van der Waals surface area contributed by atoms with E-state index in [1.54, 1.807) is 12.1 Å². The first kappa shape index (κ1) is 12.4. The molecule has 5 heteroatoms. The molecule has 0 unspecified atom stereocenters. The SMILES string of the molecule is O=C(O)[C@@H]1CCCN1C(=O)COc1ccccc1. The molecule has 0 aromatic heterocycles. The van der Waals surface area contributed by atoms with Gasteiger partial charge in [-0.3, -0.25) is 4.79 Å². The molecule has 18 heavy (non-hydrogen) atoms. The van der Waals surface area contributed by atoms with Crippen LogP contribution in [-0.4, -0.2) is 41.1 Å². The number of para-hydroxylation sites is 1. The van der Waals surface area contributed by atoms with E-state index < -0.39 is 12.0 Å². The van der Waals surface area contributed by atoms with Crippen LogP contribution in [0.4, 0.5) is 0 Å². The zero-order valence-electron chi connectivity index (χ0n) is 9.91. The second-order valence-corrected chi connectivity index (χ2v) is 4.19. The van der Waals surface area contributed by atoms with Crippen LogP contribution >= 0.6 is 0 Å². The maximum absolute atomic E-state index is 11.9. The maximum Gasteiger partial charge on any atom is 0.326 e. The lowest BCUT2D eigenvalue weighted by molar-refractivity contribution is -0.148. The van der Waals surface area contributed by atoms with Crippen LogP contribution in [0.1, 0.15) is 12.8 Å². The van der Waals surface area contributed by atoms with Gasteiger partial charge in [0.1, 0.15) is 11.8 Å². The Morgan fingerprint density at radius 2 is 2.06 bits per heavy atom. The molecule has 1 aliphatic heterocycles. The van der Waals surface area contributed by atoms with Gasteiger partial charge in [0.25, 0.3) is 5.91 Å². The first-order valence-electron chi connectivity index (χ1n) is 5.88. The van der Waals surface area contributed by atoms with Crippen molar-refractivity contribution in [1.29, 1.82) is 0 Å². The van der Waals surface area contributed by atoms with Gasteiger partial charge in [-0.2, -0.15) is 0 Å². The molecule has 0 saturated carbocycles. The average Bonchev–Trinajstić information content (AvgIpc) is 2.86. The third-order valence-electron chi connectivity index (χ3n) is 2.96. The number of carbonyl (C=O) groups is 2. The Morgan fingerprint density at radius 3 is 2.72 bits per heavy atom. The van der Waals surface area contributed by atoms with Gasteiger partial charge in [0.15, 0.2) is 6.61 Å². The quantitative estimate of drug-likeness (QED) is 0.869. The summed E-state index contributed by atoms with van der Waals surface area (Å²) in [5, 5.41) is 8.98. The zero-order chi connectivity index (χ0) is 13.0. The van der Waals surface area contributed by atoms with E-state index in [4.69, 9.17) is 9.84 Å². The summed E-state index contributed by atoms with van der Waals surface area (Å²) in [5.74, 6) is -0.610. The summed E-state index contributed by atoms with van der Waals surface area (Å²) in [7, 11) is 0. The van der Waals surface area contributed by atoms with Crippen LogP contribution in [0.25, 0.3) is 0 Å². The van der Waals surface area contributed by atoms with Crippen molar-refractivity contribution in [2.75, 3.05) is 13.2 Å². The third-order valence-corrected chi connectivity index (χ3v) is 2.96. The highest BCUT2D eigenvalue weighted by Gasteiger charge is 2.33. The molecule has 1 aromatic rings. The molecule has 0 radical (unpaired) electrons. The number of carbonyl (C=O) groups excluding carboxylic acids is 1. The molecule has 2 rings (SSSR count). The smallest absolute Gasteiger partial charge is 0.326 e. The lowest BCUT2D eigenvalue weighted by Gasteiger charge is -2.21. The largest absolute Gasteiger partial charge is 0.484 e. The Bertz CT molecular complexity index is 432. The maximum atomic E-state index is 11.9. The number of benzene rings is 1. The van der Waals surface area contributed by atoms with Gasteiger partial charge in [-0.05, 0) is 25.0 Å². The zero-order valence-corrected chi connectivity index (χ0v) is 9.91. The number of ether oxygens (including phenoxy) is 1. The number of hydrogen-bond donors (Lipinski definition) is 1. The second kappa shape index (κ2) is 5.53. The fraction of sp³-hybridized carbons (Fsp3) is 0.385. The summed E-state index contributed by atoms with van der Waals surface area (Å²) in [6.45, 7) is 0.377. The number of nitrogens with zero attached hydrogens (tertiary/aromatic N) is 1. The van der Waals surface area contributed by atoms with Gasteiger partial charge in [0, 0.05) is 6.54 Å². The Hall–Kier alpha value is -2.04. The molecule has 96 valence electrons. The minimum atomic E-state index is -0.944. The van der Waals surface area contributed by atoms with E-state index in [9.17, 15) is 9.59 Å². The van der Waals surface area contributed by atoms with Crippen molar-refractivity contribution in [3.05, 3.63) is 30.3 Å². The van der Waals surface area contributed by atoms with E-state index in [0.29, 0.717) is 18.7 Å². The monoisotopic (exact) mass is 249 g/mol. The van der Waals surface area contributed by atoms with Crippen LogP contribution < -0.4 is 4.74 Å².